The number of halogens is 2. The van der Waals surface area contributed by atoms with E-state index in [1.165, 1.54) is 0 Å². The number of nitrogens with zero attached hydrogens (tertiary/aromatic N) is 1. The molecule has 4 nitrogen and oxygen atoms in total. The zero-order valence-corrected chi connectivity index (χ0v) is 15.8. The van der Waals surface area contributed by atoms with E-state index in [4.69, 9.17) is 5.73 Å². The standard InChI is InChI=1S/C15H19N3OS2.2ClH/c16-8-10-3-1-4-12(10)18-14(19)7-11-9-21-15(17-11)13-5-2-6-20-13;;/h2,5-6,9-10,12H,1,3-4,7-8,16H2,(H,18,19);2*1H. The number of rotatable bonds is 5. The van der Waals surface area contributed by atoms with Crippen molar-refractivity contribution in [2.45, 2.75) is 31.7 Å². The van der Waals surface area contributed by atoms with Gasteiger partial charge in [-0.15, -0.1) is 47.5 Å². The molecule has 0 bridgehead atoms. The molecule has 23 heavy (non-hydrogen) atoms. The Kier molecular flexibility index (Phi) is 8.50. The van der Waals surface area contributed by atoms with Gasteiger partial charge in [0.1, 0.15) is 5.01 Å². The SMILES string of the molecule is Cl.Cl.NCC1CCCC1NC(=O)Cc1csc(-c2cccs2)n1. The van der Waals surface area contributed by atoms with Gasteiger partial charge in [0.05, 0.1) is 17.0 Å². The predicted molar refractivity (Wildman–Crippen MR) is 102 cm³/mol. The number of nitrogens with one attached hydrogen (secondary N) is 1. The molecule has 2 aromatic rings. The van der Waals surface area contributed by atoms with Crippen LogP contribution in [0.5, 0.6) is 0 Å². The molecule has 0 aliphatic heterocycles. The first-order valence-electron chi connectivity index (χ1n) is 7.24. The molecular weight excluding hydrogens is 373 g/mol. The van der Waals surface area contributed by atoms with Crippen molar-refractivity contribution in [2.24, 2.45) is 11.7 Å². The Hall–Kier alpha value is -0.660. The molecule has 0 saturated heterocycles. The molecule has 2 heterocycles. The van der Waals surface area contributed by atoms with Crippen LogP contribution in [0.2, 0.25) is 0 Å². The van der Waals surface area contributed by atoms with Gasteiger partial charge < -0.3 is 11.1 Å². The molecule has 3 rings (SSSR count). The summed E-state index contributed by atoms with van der Waals surface area (Å²) < 4.78 is 0. The summed E-state index contributed by atoms with van der Waals surface area (Å²) in [6.45, 7) is 0.657. The first-order chi connectivity index (χ1) is 10.3. The molecule has 0 radical (unpaired) electrons. The smallest absolute Gasteiger partial charge is 0.226 e. The Morgan fingerprint density at radius 3 is 2.87 bits per heavy atom. The lowest BCUT2D eigenvalue weighted by Gasteiger charge is -2.19. The van der Waals surface area contributed by atoms with E-state index in [0.717, 1.165) is 34.8 Å². The number of hydrogen-bond acceptors (Lipinski definition) is 5. The molecule has 3 N–H and O–H groups in total. The summed E-state index contributed by atoms with van der Waals surface area (Å²) in [6, 6.07) is 4.32. The van der Waals surface area contributed by atoms with Gasteiger partial charge in [0.25, 0.3) is 0 Å². The third kappa shape index (κ3) is 5.16. The average Bonchev–Trinajstić information content (AvgIpc) is 3.19. The molecule has 1 aliphatic carbocycles. The van der Waals surface area contributed by atoms with Crippen molar-refractivity contribution >= 4 is 53.4 Å². The molecule has 1 fully saturated rings. The lowest BCUT2D eigenvalue weighted by molar-refractivity contribution is -0.121. The number of carbonyl (C=O) groups is 1. The van der Waals surface area contributed by atoms with Gasteiger partial charge >= 0.3 is 0 Å². The van der Waals surface area contributed by atoms with Crippen molar-refractivity contribution in [3.63, 3.8) is 0 Å². The molecule has 1 amide bonds. The van der Waals surface area contributed by atoms with E-state index < -0.39 is 0 Å². The van der Waals surface area contributed by atoms with Crippen molar-refractivity contribution < 1.29 is 4.79 Å². The van der Waals surface area contributed by atoms with Gasteiger partial charge in [-0.1, -0.05) is 12.5 Å². The molecule has 8 heteroatoms. The minimum Gasteiger partial charge on any atom is -0.353 e. The van der Waals surface area contributed by atoms with Crippen LogP contribution in [0.4, 0.5) is 0 Å². The Morgan fingerprint density at radius 1 is 1.35 bits per heavy atom. The normalized spacial score (nSPS) is 19.7. The van der Waals surface area contributed by atoms with E-state index in [9.17, 15) is 4.79 Å². The Labute approximate surface area is 156 Å². The third-order valence-corrected chi connectivity index (χ3v) is 5.86. The fourth-order valence-corrected chi connectivity index (χ4v) is 4.47. The molecular formula is C15H21Cl2N3OS2. The highest BCUT2D eigenvalue weighted by atomic mass is 35.5. The molecule has 1 saturated carbocycles. The maximum Gasteiger partial charge on any atom is 0.226 e. The number of nitrogens with two attached hydrogens (primary N) is 1. The van der Waals surface area contributed by atoms with E-state index in [-0.39, 0.29) is 36.8 Å². The van der Waals surface area contributed by atoms with Crippen molar-refractivity contribution in [1.29, 1.82) is 0 Å². The first kappa shape index (κ1) is 20.4. The van der Waals surface area contributed by atoms with Gasteiger partial charge in [-0.05, 0) is 36.8 Å². The van der Waals surface area contributed by atoms with Gasteiger partial charge in [-0.2, -0.15) is 0 Å². The van der Waals surface area contributed by atoms with E-state index in [1.54, 1.807) is 22.7 Å². The summed E-state index contributed by atoms with van der Waals surface area (Å²) in [7, 11) is 0. The van der Waals surface area contributed by atoms with Crippen LogP contribution < -0.4 is 11.1 Å². The van der Waals surface area contributed by atoms with E-state index >= 15 is 0 Å². The summed E-state index contributed by atoms with van der Waals surface area (Å²) in [6.07, 6.45) is 3.69. The van der Waals surface area contributed by atoms with Gasteiger partial charge in [0.2, 0.25) is 5.91 Å². The highest BCUT2D eigenvalue weighted by molar-refractivity contribution is 7.20. The second kappa shape index (κ2) is 9.59. The molecule has 2 unspecified atom stereocenters. The highest BCUT2D eigenvalue weighted by Crippen LogP contribution is 2.28. The summed E-state index contributed by atoms with van der Waals surface area (Å²) in [5.41, 5.74) is 6.60. The maximum atomic E-state index is 12.1. The van der Waals surface area contributed by atoms with Crippen molar-refractivity contribution in [2.75, 3.05) is 6.54 Å². The lowest BCUT2D eigenvalue weighted by Crippen LogP contribution is -2.40. The van der Waals surface area contributed by atoms with Crippen molar-refractivity contribution in [1.82, 2.24) is 10.3 Å². The number of aromatic nitrogens is 1. The minimum absolute atomic E-state index is 0. The Balaban J connectivity index is 0.00000132. The Morgan fingerprint density at radius 2 is 2.17 bits per heavy atom. The van der Waals surface area contributed by atoms with Gasteiger partial charge in [0, 0.05) is 11.4 Å². The van der Waals surface area contributed by atoms with Crippen LogP contribution >= 0.6 is 47.5 Å². The second-order valence-corrected chi connectivity index (χ2v) is 7.20. The maximum absolute atomic E-state index is 12.1. The van der Waals surface area contributed by atoms with Crippen LogP contribution in [0, 0.1) is 5.92 Å². The van der Waals surface area contributed by atoms with E-state index in [0.29, 0.717) is 18.9 Å². The largest absolute Gasteiger partial charge is 0.353 e. The molecule has 128 valence electrons. The van der Waals surface area contributed by atoms with Crippen LogP contribution in [0.25, 0.3) is 9.88 Å². The molecule has 1 aliphatic rings. The van der Waals surface area contributed by atoms with E-state index in [2.05, 4.69) is 16.4 Å². The van der Waals surface area contributed by atoms with Crippen molar-refractivity contribution in [3.8, 4) is 9.88 Å². The minimum atomic E-state index is 0. The number of thiazole rings is 1. The lowest BCUT2D eigenvalue weighted by atomic mass is 10.0. The second-order valence-electron chi connectivity index (χ2n) is 5.40. The van der Waals surface area contributed by atoms with Crippen LogP contribution in [0.15, 0.2) is 22.9 Å². The summed E-state index contributed by atoms with van der Waals surface area (Å²) >= 11 is 3.27. The third-order valence-electron chi connectivity index (χ3n) is 3.93. The first-order valence-corrected chi connectivity index (χ1v) is 9.00. The molecule has 0 aromatic carbocycles. The zero-order valence-electron chi connectivity index (χ0n) is 12.6. The van der Waals surface area contributed by atoms with Crippen LogP contribution in [-0.4, -0.2) is 23.5 Å². The van der Waals surface area contributed by atoms with Gasteiger partial charge in [-0.25, -0.2) is 4.98 Å². The number of hydrogen-bond donors (Lipinski definition) is 2. The van der Waals surface area contributed by atoms with Gasteiger partial charge in [0.15, 0.2) is 0 Å². The van der Waals surface area contributed by atoms with E-state index in [1.807, 2.05) is 16.8 Å². The monoisotopic (exact) mass is 393 g/mol. The number of amides is 1. The topological polar surface area (TPSA) is 68.0 Å². The van der Waals surface area contributed by atoms with Gasteiger partial charge in [-0.3, -0.25) is 4.79 Å². The summed E-state index contributed by atoms with van der Waals surface area (Å²) in [4.78, 5) is 17.8. The van der Waals surface area contributed by atoms with Crippen molar-refractivity contribution in [3.05, 3.63) is 28.6 Å². The quantitative estimate of drug-likeness (QED) is 0.816. The molecule has 2 atom stereocenters. The average molecular weight is 394 g/mol. The summed E-state index contributed by atoms with van der Waals surface area (Å²) in [5.74, 6) is 0.495. The number of carbonyl (C=O) groups excluding carboxylic acids is 1. The highest BCUT2D eigenvalue weighted by Gasteiger charge is 2.27. The fourth-order valence-electron chi connectivity index (χ4n) is 2.83. The summed E-state index contributed by atoms with van der Waals surface area (Å²) in [5, 5.41) is 8.13. The van der Waals surface area contributed by atoms with Crippen LogP contribution in [-0.2, 0) is 11.2 Å². The fraction of sp³-hybridized carbons (Fsp3) is 0.467. The van der Waals surface area contributed by atoms with Crippen LogP contribution in [0.1, 0.15) is 25.0 Å². The zero-order chi connectivity index (χ0) is 14.7. The molecule has 2 aromatic heterocycles. The van der Waals surface area contributed by atoms with Crippen LogP contribution in [0.3, 0.4) is 0 Å². The Bertz CT molecular complexity index is 604. The predicted octanol–water partition coefficient (Wildman–Crippen LogP) is 3.50. The molecule has 0 spiro atoms. The number of thiophene rings is 1.